The van der Waals surface area contributed by atoms with Crippen LogP contribution in [-0.2, 0) is 19.7 Å². The van der Waals surface area contributed by atoms with Crippen molar-refractivity contribution in [3.63, 3.8) is 0 Å². The Morgan fingerprint density at radius 3 is 2.56 bits per heavy atom. The zero-order valence-corrected chi connectivity index (χ0v) is 12.6. The Morgan fingerprint density at radius 2 is 1.94 bits per heavy atom. The zero-order valence-electron chi connectivity index (χ0n) is 10.2. The molecule has 1 aromatic heterocycles. The molecule has 0 unspecified atom stereocenters. The van der Waals surface area contributed by atoms with Gasteiger partial charge in [0.1, 0.15) is 0 Å². The van der Waals surface area contributed by atoms with Crippen molar-refractivity contribution in [2.45, 2.75) is 26.6 Å². The first kappa shape index (κ1) is 13.7. The van der Waals surface area contributed by atoms with Crippen LogP contribution >= 0.6 is 27.3 Å². The van der Waals surface area contributed by atoms with Gasteiger partial charge in [0.05, 0.1) is 10.4 Å². The molecule has 0 spiro atoms. The topological polar surface area (TPSA) is 32.3 Å². The molecule has 0 bridgehead atoms. The lowest BCUT2D eigenvalue weighted by Gasteiger charge is -2.07. The molecular weight excluding hydrogens is 310 g/mol. The van der Waals surface area contributed by atoms with Crippen molar-refractivity contribution in [1.82, 2.24) is 5.32 Å². The second-order valence-electron chi connectivity index (χ2n) is 4.20. The summed E-state index contributed by atoms with van der Waals surface area (Å²) in [6.07, 6.45) is 0. The van der Waals surface area contributed by atoms with Gasteiger partial charge in [-0.2, -0.15) is 0 Å². The van der Waals surface area contributed by atoms with Crippen LogP contribution in [-0.4, -0.2) is 5.11 Å². The third-order valence-corrected chi connectivity index (χ3v) is 4.95. The summed E-state index contributed by atoms with van der Waals surface area (Å²) in [7, 11) is 0. The summed E-state index contributed by atoms with van der Waals surface area (Å²) in [5.41, 5.74) is 3.44. The van der Waals surface area contributed by atoms with Gasteiger partial charge in [0, 0.05) is 18.0 Å². The number of rotatable bonds is 5. The van der Waals surface area contributed by atoms with Gasteiger partial charge >= 0.3 is 0 Å². The van der Waals surface area contributed by atoms with Crippen molar-refractivity contribution in [2.24, 2.45) is 0 Å². The molecule has 1 aromatic carbocycles. The highest BCUT2D eigenvalue weighted by Gasteiger charge is 2.03. The second kappa shape index (κ2) is 6.48. The predicted molar refractivity (Wildman–Crippen MR) is 79.7 cm³/mol. The number of hydrogen-bond donors (Lipinski definition) is 2. The van der Waals surface area contributed by atoms with E-state index in [1.165, 1.54) is 14.2 Å². The molecule has 0 aliphatic heterocycles. The molecule has 96 valence electrons. The molecule has 4 heteroatoms. The van der Waals surface area contributed by atoms with Gasteiger partial charge < -0.3 is 10.4 Å². The molecule has 18 heavy (non-hydrogen) atoms. The molecule has 0 aliphatic rings. The van der Waals surface area contributed by atoms with E-state index in [1.54, 1.807) is 11.3 Å². The fourth-order valence-electron chi connectivity index (χ4n) is 1.81. The normalized spacial score (nSPS) is 10.8. The van der Waals surface area contributed by atoms with E-state index in [0.29, 0.717) is 0 Å². The second-order valence-corrected chi connectivity index (χ2v) is 6.65. The van der Waals surface area contributed by atoms with E-state index in [9.17, 15) is 5.11 Å². The monoisotopic (exact) mass is 325 g/mol. The Labute approximate surface area is 120 Å². The van der Waals surface area contributed by atoms with E-state index in [4.69, 9.17) is 0 Å². The summed E-state index contributed by atoms with van der Waals surface area (Å²) in [5.74, 6) is 0. The van der Waals surface area contributed by atoms with Crippen LogP contribution in [0, 0.1) is 6.92 Å². The Hall–Kier alpha value is -0.680. The van der Waals surface area contributed by atoms with Gasteiger partial charge in [0.25, 0.3) is 0 Å². The first-order valence-corrected chi connectivity index (χ1v) is 7.45. The van der Waals surface area contributed by atoms with E-state index in [0.717, 1.165) is 24.2 Å². The van der Waals surface area contributed by atoms with E-state index in [-0.39, 0.29) is 6.61 Å². The summed E-state index contributed by atoms with van der Waals surface area (Å²) in [4.78, 5) is 1.32. The standard InChI is InChI=1S/C14H16BrNOS/c1-10-6-13(18-14(10)15)8-16-7-11-4-2-3-5-12(11)9-17/h2-6,16-17H,7-9H2,1H3. The molecule has 2 nitrogen and oxygen atoms in total. The number of aliphatic hydroxyl groups is 1. The van der Waals surface area contributed by atoms with E-state index >= 15 is 0 Å². The number of benzene rings is 1. The molecule has 1 heterocycles. The van der Waals surface area contributed by atoms with Crippen LogP contribution in [0.2, 0.25) is 0 Å². The highest BCUT2D eigenvalue weighted by atomic mass is 79.9. The van der Waals surface area contributed by atoms with Gasteiger partial charge in [-0.1, -0.05) is 24.3 Å². The predicted octanol–water partition coefficient (Wildman–Crippen LogP) is 3.60. The number of nitrogens with one attached hydrogen (secondary N) is 1. The maximum atomic E-state index is 9.24. The molecule has 0 aliphatic carbocycles. The van der Waals surface area contributed by atoms with Crippen LogP contribution in [0.3, 0.4) is 0 Å². The first-order valence-electron chi connectivity index (χ1n) is 5.84. The lowest BCUT2D eigenvalue weighted by Crippen LogP contribution is -2.13. The average molecular weight is 326 g/mol. The molecule has 2 N–H and O–H groups in total. The van der Waals surface area contributed by atoms with Crippen molar-refractivity contribution in [2.75, 3.05) is 0 Å². The smallest absolute Gasteiger partial charge is 0.0730 e. The van der Waals surface area contributed by atoms with Crippen LogP contribution in [0.15, 0.2) is 34.1 Å². The molecule has 0 saturated heterocycles. The quantitative estimate of drug-likeness (QED) is 0.880. The number of aliphatic hydroxyl groups excluding tert-OH is 1. The van der Waals surface area contributed by atoms with E-state index in [2.05, 4.69) is 34.2 Å². The summed E-state index contributed by atoms with van der Waals surface area (Å²) in [5, 5.41) is 12.7. The van der Waals surface area contributed by atoms with Crippen molar-refractivity contribution < 1.29 is 5.11 Å². The largest absolute Gasteiger partial charge is 0.392 e. The minimum atomic E-state index is 0.0987. The Balaban J connectivity index is 1.92. The summed E-state index contributed by atoms with van der Waals surface area (Å²) >= 11 is 5.30. The molecule has 2 aromatic rings. The SMILES string of the molecule is Cc1cc(CNCc2ccccc2CO)sc1Br. The van der Waals surface area contributed by atoms with Gasteiger partial charge in [0.2, 0.25) is 0 Å². The third kappa shape index (κ3) is 3.42. The van der Waals surface area contributed by atoms with Gasteiger partial charge in [0.15, 0.2) is 0 Å². The fraction of sp³-hybridized carbons (Fsp3) is 0.286. The van der Waals surface area contributed by atoms with Gasteiger partial charge in [-0.3, -0.25) is 0 Å². The zero-order chi connectivity index (χ0) is 13.0. The molecule has 0 amide bonds. The van der Waals surface area contributed by atoms with E-state index in [1.807, 2.05) is 24.3 Å². The molecular formula is C14H16BrNOS. The maximum Gasteiger partial charge on any atom is 0.0730 e. The van der Waals surface area contributed by atoms with Crippen LogP contribution in [0.25, 0.3) is 0 Å². The number of aryl methyl sites for hydroxylation is 1. The Kier molecular flexibility index (Phi) is 4.95. The van der Waals surface area contributed by atoms with Crippen molar-refractivity contribution in [3.8, 4) is 0 Å². The molecule has 2 rings (SSSR count). The van der Waals surface area contributed by atoms with Gasteiger partial charge in [-0.25, -0.2) is 0 Å². The number of halogens is 1. The first-order chi connectivity index (χ1) is 8.70. The van der Waals surface area contributed by atoms with E-state index < -0.39 is 0 Å². The summed E-state index contributed by atoms with van der Waals surface area (Å²) in [6.45, 7) is 3.84. The molecule has 0 fully saturated rings. The van der Waals surface area contributed by atoms with Crippen molar-refractivity contribution in [1.29, 1.82) is 0 Å². The number of hydrogen-bond acceptors (Lipinski definition) is 3. The minimum absolute atomic E-state index is 0.0987. The Morgan fingerprint density at radius 1 is 1.22 bits per heavy atom. The molecule has 0 atom stereocenters. The van der Waals surface area contributed by atoms with Crippen molar-refractivity contribution in [3.05, 3.63) is 55.7 Å². The average Bonchev–Trinajstić information content (AvgIpc) is 2.69. The Bertz CT molecular complexity index is 505. The van der Waals surface area contributed by atoms with Crippen LogP contribution in [0.1, 0.15) is 21.6 Å². The molecule has 0 saturated carbocycles. The molecule has 0 radical (unpaired) electrons. The van der Waals surface area contributed by atoms with Crippen molar-refractivity contribution >= 4 is 27.3 Å². The van der Waals surface area contributed by atoms with Gasteiger partial charge in [-0.05, 0) is 45.6 Å². The van der Waals surface area contributed by atoms with Crippen LogP contribution in [0.4, 0.5) is 0 Å². The lowest BCUT2D eigenvalue weighted by atomic mass is 10.1. The summed E-state index contributed by atoms with van der Waals surface area (Å²) in [6, 6.07) is 10.2. The van der Waals surface area contributed by atoms with Crippen LogP contribution < -0.4 is 5.32 Å². The lowest BCUT2D eigenvalue weighted by molar-refractivity contribution is 0.280. The van der Waals surface area contributed by atoms with Gasteiger partial charge in [-0.15, -0.1) is 11.3 Å². The highest BCUT2D eigenvalue weighted by molar-refractivity contribution is 9.11. The highest BCUT2D eigenvalue weighted by Crippen LogP contribution is 2.27. The third-order valence-electron chi connectivity index (χ3n) is 2.81. The van der Waals surface area contributed by atoms with Crippen LogP contribution in [0.5, 0.6) is 0 Å². The maximum absolute atomic E-state index is 9.24. The fourth-order valence-corrected chi connectivity index (χ4v) is 3.41. The summed E-state index contributed by atoms with van der Waals surface area (Å²) < 4.78 is 1.20. The number of thiophene rings is 1. The minimum Gasteiger partial charge on any atom is -0.392 e.